The molecule has 0 heterocycles. The summed E-state index contributed by atoms with van der Waals surface area (Å²) in [4.78, 5) is 0. The van der Waals surface area contributed by atoms with E-state index < -0.39 is 0 Å². The minimum atomic E-state index is 0. The normalized spacial score (nSPS) is 4.00. The Morgan fingerprint density at radius 1 is 1.33 bits per heavy atom. The van der Waals surface area contributed by atoms with Crippen LogP contribution in [0.4, 0.5) is 0 Å². The van der Waals surface area contributed by atoms with E-state index in [4.69, 9.17) is 10.2 Å². The third kappa shape index (κ3) is 77.6. The van der Waals surface area contributed by atoms with Crippen LogP contribution in [0.3, 0.4) is 0 Å². The van der Waals surface area contributed by atoms with Crippen molar-refractivity contribution in [1.82, 2.24) is 0 Å². The predicted molar refractivity (Wildman–Crippen MR) is 20.9 cm³/mol. The van der Waals surface area contributed by atoms with Crippen LogP contribution in [-0.2, 0) is 32.7 Å². The maximum atomic E-state index is 7.57. The molecule has 0 unspecified atom stereocenters. The molecule has 3 heteroatoms. The molecule has 0 aliphatic rings. The Kier molecular flexibility index (Phi) is 97.4. The molecule has 37 valence electrons. The van der Waals surface area contributed by atoms with E-state index >= 15 is 0 Å². The molecule has 0 aromatic heterocycles. The van der Waals surface area contributed by atoms with E-state index in [2.05, 4.69) is 0 Å². The minimum Gasteiger partial charge on any atom is -0.400 e. The zero-order valence-corrected chi connectivity index (χ0v) is 7.02. The summed E-state index contributed by atoms with van der Waals surface area (Å²) in [5.41, 5.74) is 0. The van der Waals surface area contributed by atoms with Crippen LogP contribution in [0, 0.1) is 0 Å². The van der Waals surface area contributed by atoms with Crippen molar-refractivity contribution in [1.29, 1.82) is 0 Å². The molecule has 0 amide bonds. The fourth-order valence-electron chi connectivity index (χ4n) is 0. The second kappa shape index (κ2) is 37.1. The van der Waals surface area contributed by atoms with E-state index in [1.54, 1.807) is 6.92 Å². The van der Waals surface area contributed by atoms with Crippen LogP contribution in [0.2, 0.25) is 0 Å². The zero-order chi connectivity index (χ0) is 4.71. The molecule has 0 saturated heterocycles. The molecule has 0 atom stereocenters. The maximum absolute atomic E-state index is 7.57. The largest absolute Gasteiger partial charge is 0.400 e. The Hall–Kier alpha value is 1.02. The van der Waals surface area contributed by atoms with Crippen molar-refractivity contribution >= 4 is 0 Å². The molecule has 0 aliphatic carbocycles. The van der Waals surface area contributed by atoms with Gasteiger partial charge in [-0.2, -0.15) is 0 Å². The third-order valence-electron chi connectivity index (χ3n) is 0. The molecule has 0 spiro atoms. The van der Waals surface area contributed by atoms with Gasteiger partial charge in [0.25, 0.3) is 0 Å². The summed E-state index contributed by atoms with van der Waals surface area (Å²) in [6.45, 7) is 1.93. The van der Waals surface area contributed by atoms with Crippen LogP contribution in [0.5, 0.6) is 0 Å². The van der Waals surface area contributed by atoms with Gasteiger partial charge in [-0.3, -0.25) is 0 Å². The van der Waals surface area contributed by atoms with Crippen molar-refractivity contribution < 1.29 is 42.9 Å². The van der Waals surface area contributed by atoms with Gasteiger partial charge in [-0.25, -0.2) is 0 Å². The first-order valence-corrected chi connectivity index (χ1v) is 1.47. The molecule has 1 radical (unpaired) electrons. The Morgan fingerprint density at radius 2 is 1.33 bits per heavy atom. The Labute approximate surface area is 63.4 Å². The van der Waals surface area contributed by atoms with Gasteiger partial charge >= 0.3 is 0 Å². The maximum Gasteiger partial charge on any atom is 0.0402 e. The summed E-state index contributed by atoms with van der Waals surface area (Å²) in [7, 11) is 1.00. The number of rotatable bonds is 0. The van der Waals surface area contributed by atoms with Gasteiger partial charge in [-0.05, 0) is 6.92 Å². The van der Waals surface area contributed by atoms with Gasteiger partial charge in [0.15, 0.2) is 0 Å². The second-order valence-electron chi connectivity index (χ2n) is 0.316. The predicted octanol–water partition coefficient (Wildman–Crippen LogP) is -0.395. The Bertz CT molecular complexity index is 8.75. The minimum absolute atomic E-state index is 0. The number of hydrogen-bond acceptors (Lipinski definition) is 2. The molecule has 0 aromatic rings. The van der Waals surface area contributed by atoms with Crippen molar-refractivity contribution in [3.63, 3.8) is 0 Å². The summed E-state index contributed by atoms with van der Waals surface area (Å²) in [5, 5.41) is 14.6. The van der Waals surface area contributed by atoms with E-state index in [1.807, 2.05) is 0 Å². The quantitative estimate of drug-likeness (QED) is 0.515. The summed E-state index contributed by atoms with van der Waals surface area (Å²) in [6.07, 6.45) is 0. The van der Waals surface area contributed by atoms with Gasteiger partial charge < -0.3 is 10.2 Å². The van der Waals surface area contributed by atoms with Gasteiger partial charge in [0.2, 0.25) is 0 Å². The molecule has 6 heavy (non-hydrogen) atoms. The fourth-order valence-corrected chi connectivity index (χ4v) is 0. The third-order valence-corrected chi connectivity index (χ3v) is 0. The van der Waals surface area contributed by atoms with Crippen LogP contribution < -0.4 is 0 Å². The average Bonchev–Trinajstić information content (AvgIpc) is 1.46. The Morgan fingerprint density at radius 3 is 1.33 bits per heavy atom. The van der Waals surface area contributed by atoms with Gasteiger partial charge in [0.05, 0.1) is 0 Å². The smallest absolute Gasteiger partial charge is 0.0402 e. The van der Waals surface area contributed by atoms with Crippen LogP contribution in [-0.4, -0.2) is 23.9 Å². The van der Waals surface area contributed by atoms with Crippen molar-refractivity contribution in [3.05, 3.63) is 0 Å². The standard InChI is InChI=1S/C2H6O.CH4O.Y/c1-2-3;1-2;/h3H,2H2,1H3;2H,1H3;. The number of aliphatic hydroxyl groups excluding tert-OH is 2. The Balaban J connectivity index is -0.0000000275. The van der Waals surface area contributed by atoms with E-state index in [0.29, 0.717) is 0 Å². The first-order valence-electron chi connectivity index (χ1n) is 1.47. The summed E-state index contributed by atoms with van der Waals surface area (Å²) >= 11 is 0. The van der Waals surface area contributed by atoms with Crippen molar-refractivity contribution in [3.8, 4) is 0 Å². The van der Waals surface area contributed by atoms with Gasteiger partial charge in [-0.1, -0.05) is 0 Å². The molecular formula is C3H10O2Y. The summed E-state index contributed by atoms with van der Waals surface area (Å²) < 4.78 is 0. The van der Waals surface area contributed by atoms with Crippen LogP contribution in [0.1, 0.15) is 6.92 Å². The topological polar surface area (TPSA) is 40.5 Å². The van der Waals surface area contributed by atoms with Gasteiger partial charge in [0, 0.05) is 46.4 Å². The number of hydrogen-bond donors (Lipinski definition) is 2. The van der Waals surface area contributed by atoms with Crippen molar-refractivity contribution in [2.24, 2.45) is 0 Å². The fraction of sp³-hybridized carbons (Fsp3) is 1.00. The molecule has 0 aliphatic heterocycles. The molecular weight excluding hydrogens is 157 g/mol. The monoisotopic (exact) mass is 167 g/mol. The summed E-state index contributed by atoms with van der Waals surface area (Å²) in [5.74, 6) is 0. The van der Waals surface area contributed by atoms with Crippen LogP contribution in [0.15, 0.2) is 0 Å². The van der Waals surface area contributed by atoms with Crippen LogP contribution in [0.25, 0.3) is 0 Å². The van der Waals surface area contributed by atoms with E-state index in [1.165, 1.54) is 0 Å². The SMILES string of the molecule is CCO.CO.[Y]. The summed E-state index contributed by atoms with van der Waals surface area (Å²) in [6, 6.07) is 0. The molecule has 0 fully saturated rings. The zero-order valence-electron chi connectivity index (χ0n) is 4.18. The first kappa shape index (κ1) is 15.7. The van der Waals surface area contributed by atoms with Gasteiger partial charge in [0.1, 0.15) is 0 Å². The second-order valence-corrected chi connectivity index (χ2v) is 0.316. The van der Waals surface area contributed by atoms with E-state index in [9.17, 15) is 0 Å². The van der Waals surface area contributed by atoms with E-state index in [-0.39, 0.29) is 39.3 Å². The molecule has 0 bridgehead atoms. The van der Waals surface area contributed by atoms with Gasteiger partial charge in [-0.15, -0.1) is 0 Å². The molecule has 2 N–H and O–H groups in total. The molecule has 0 aromatic carbocycles. The van der Waals surface area contributed by atoms with Crippen molar-refractivity contribution in [2.75, 3.05) is 13.7 Å². The van der Waals surface area contributed by atoms with E-state index in [0.717, 1.165) is 7.11 Å². The molecule has 0 saturated carbocycles. The molecule has 0 rings (SSSR count). The average molecular weight is 167 g/mol. The molecule has 2 nitrogen and oxygen atoms in total. The first-order chi connectivity index (χ1) is 2.41. The number of aliphatic hydroxyl groups is 2. The van der Waals surface area contributed by atoms with Crippen LogP contribution >= 0.6 is 0 Å². The van der Waals surface area contributed by atoms with Crippen molar-refractivity contribution in [2.45, 2.75) is 6.92 Å².